The largest absolute Gasteiger partial charge is 0.457 e. The number of ether oxygens (including phenoxy) is 1. The van der Waals surface area contributed by atoms with Crippen LogP contribution in [0.4, 0.5) is 5.69 Å². The second-order valence-electron chi connectivity index (χ2n) is 5.68. The molecule has 2 N–H and O–H groups in total. The molecule has 4 nitrogen and oxygen atoms in total. The first kappa shape index (κ1) is 15.0. The zero-order valence-electron chi connectivity index (χ0n) is 13.5. The lowest BCUT2D eigenvalue weighted by molar-refractivity contribution is 0.483. The molecule has 4 aromatic rings. The van der Waals surface area contributed by atoms with E-state index in [1.807, 2.05) is 95.8 Å². The van der Waals surface area contributed by atoms with Gasteiger partial charge in [0.1, 0.15) is 11.5 Å². The van der Waals surface area contributed by atoms with Crippen molar-refractivity contribution in [1.82, 2.24) is 9.78 Å². The van der Waals surface area contributed by atoms with Gasteiger partial charge in [-0.1, -0.05) is 18.2 Å². The maximum Gasteiger partial charge on any atom is 0.127 e. The Hall–Kier alpha value is -3.53. The molecule has 0 amide bonds. The summed E-state index contributed by atoms with van der Waals surface area (Å²) in [5, 5.41) is 4.63. The predicted octanol–water partition coefficient (Wildman–Crippen LogP) is 4.91. The zero-order chi connectivity index (χ0) is 17.1. The van der Waals surface area contributed by atoms with E-state index < -0.39 is 0 Å². The summed E-state index contributed by atoms with van der Waals surface area (Å²) >= 11 is 0. The van der Waals surface area contributed by atoms with Gasteiger partial charge < -0.3 is 10.5 Å². The molecule has 4 rings (SSSR count). The molecule has 0 atom stereocenters. The van der Waals surface area contributed by atoms with Crippen LogP contribution in [0.2, 0.25) is 0 Å². The molecule has 0 saturated heterocycles. The molecular formula is C21H17N3O. The molecule has 0 aliphatic rings. The third-order valence-corrected chi connectivity index (χ3v) is 3.88. The topological polar surface area (TPSA) is 53.1 Å². The highest BCUT2D eigenvalue weighted by atomic mass is 16.5. The molecule has 25 heavy (non-hydrogen) atoms. The molecule has 0 aliphatic heterocycles. The van der Waals surface area contributed by atoms with E-state index in [2.05, 4.69) is 5.10 Å². The summed E-state index contributed by atoms with van der Waals surface area (Å²) in [4.78, 5) is 0. The number of anilines is 1. The van der Waals surface area contributed by atoms with E-state index in [1.54, 1.807) is 0 Å². The SMILES string of the molecule is Nc1ccc(-n2ccc(-c3ccc(Oc4ccccc4)cc3)n2)cc1. The Morgan fingerprint density at radius 2 is 1.40 bits per heavy atom. The summed E-state index contributed by atoms with van der Waals surface area (Å²) in [6.07, 6.45) is 1.94. The smallest absolute Gasteiger partial charge is 0.127 e. The van der Waals surface area contributed by atoms with Gasteiger partial charge in [0.2, 0.25) is 0 Å². The summed E-state index contributed by atoms with van der Waals surface area (Å²) in [5.74, 6) is 1.62. The van der Waals surface area contributed by atoms with Crippen molar-refractivity contribution in [3.63, 3.8) is 0 Å². The summed E-state index contributed by atoms with van der Waals surface area (Å²) in [5.41, 5.74) is 9.39. The van der Waals surface area contributed by atoms with Gasteiger partial charge in [0.15, 0.2) is 0 Å². The normalized spacial score (nSPS) is 10.6. The number of para-hydroxylation sites is 1. The van der Waals surface area contributed by atoms with Crippen molar-refractivity contribution >= 4 is 5.69 Å². The number of nitrogen functional groups attached to an aromatic ring is 1. The van der Waals surface area contributed by atoms with Gasteiger partial charge in [0.25, 0.3) is 0 Å². The highest BCUT2D eigenvalue weighted by Crippen LogP contribution is 2.25. The van der Waals surface area contributed by atoms with Crippen molar-refractivity contribution in [2.45, 2.75) is 0 Å². The van der Waals surface area contributed by atoms with E-state index in [9.17, 15) is 0 Å². The van der Waals surface area contributed by atoms with Crippen LogP contribution in [0.3, 0.4) is 0 Å². The molecular weight excluding hydrogens is 310 g/mol. The molecule has 3 aromatic carbocycles. The van der Waals surface area contributed by atoms with Crippen LogP contribution in [-0.4, -0.2) is 9.78 Å². The Labute approximate surface area is 146 Å². The standard InChI is InChI=1S/C21H17N3O/c22-17-8-10-18(11-9-17)24-15-14-21(23-24)16-6-12-20(13-7-16)25-19-4-2-1-3-5-19/h1-15H,22H2. The van der Waals surface area contributed by atoms with Crippen molar-refractivity contribution in [1.29, 1.82) is 0 Å². The molecule has 122 valence electrons. The number of hydrogen-bond acceptors (Lipinski definition) is 3. The molecule has 0 spiro atoms. The molecule has 0 aliphatic carbocycles. The summed E-state index contributed by atoms with van der Waals surface area (Å²) in [6.45, 7) is 0. The van der Waals surface area contributed by atoms with E-state index in [1.165, 1.54) is 0 Å². The Kier molecular flexibility index (Phi) is 3.92. The lowest BCUT2D eigenvalue weighted by Crippen LogP contribution is -1.95. The second kappa shape index (κ2) is 6.53. The lowest BCUT2D eigenvalue weighted by atomic mass is 10.1. The van der Waals surface area contributed by atoms with Crippen molar-refractivity contribution < 1.29 is 4.74 Å². The average molecular weight is 327 g/mol. The fourth-order valence-electron chi connectivity index (χ4n) is 2.57. The van der Waals surface area contributed by atoms with E-state index in [-0.39, 0.29) is 0 Å². The summed E-state index contributed by atoms with van der Waals surface area (Å²) in [6, 6.07) is 27.3. The second-order valence-corrected chi connectivity index (χ2v) is 5.68. The van der Waals surface area contributed by atoms with Gasteiger partial charge in [-0.3, -0.25) is 0 Å². The molecule has 0 unspecified atom stereocenters. The van der Waals surface area contributed by atoms with Gasteiger partial charge in [-0.25, -0.2) is 4.68 Å². The Bertz CT molecular complexity index is 958. The number of aromatic nitrogens is 2. The zero-order valence-corrected chi connectivity index (χ0v) is 13.5. The van der Waals surface area contributed by atoms with Crippen LogP contribution in [0, 0.1) is 0 Å². The minimum absolute atomic E-state index is 0.741. The minimum atomic E-state index is 0.741. The molecule has 0 radical (unpaired) electrons. The molecule has 1 heterocycles. The van der Waals surface area contributed by atoms with Crippen LogP contribution in [0.25, 0.3) is 16.9 Å². The Morgan fingerprint density at radius 3 is 2.12 bits per heavy atom. The Balaban J connectivity index is 1.53. The monoisotopic (exact) mass is 327 g/mol. The van der Waals surface area contributed by atoms with Gasteiger partial charge in [0, 0.05) is 17.4 Å². The molecule has 0 fully saturated rings. The van der Waals surface area contributed by atoms with Crippen LogP contribution >= 0.6 is 0 Å². The van der Waals surface area contributed by atoms with Gasteiger partial charge in [-0.2, -0.15) is 5.10 Å². The first-order chi connectivity index (χ1) is 12.3. The third kappa shape index (κ3) is 3.38. The maximum atomic E-state index is 5.82. The van der Waals surface area contributed by atoms with E-state index >= 15 is 0 Å². The molecule has 0 saturated carbocycles. The lowest BCUT2D eigenvalue weighted by Gasteiger charge is -2.06. The number of rotatable bonds is 4. The van der Waals surface area contributed by atoms with Crippen LogP contribution in [0.15, 0.2) is 91.1 Å². The van der Waals surface area contributed by atoms with Gasteiger partial charge in [-0.05, 0) is 66.7 Å². The highest BCUT2D eigenvalue weighted by molar-refractivity contribution is 5.60. The Morgan fingerprint density at radius 1 is 0.720 bits per heavy atom. The maximum absolute atomic E-state index is 5.82. The first-order valence-electron chi connectivity index (χ1n) is 8.03. The minimum Gasteiger partial charge on any atom is -0.457 e. The fraction of sp³-hybridized carbons (Fsp3) is 0. The molecule has 4 heteroatoms. The van der Waals surface area contributed by atoms with Crippen molar-refractivity contribution in [2.24, 2.45) is 0 Å². The number of hydrogen-bond donors (Lipinski definition) is 1. The van der Waals surface area contributed by atoms with Crippen LogP contribution in [0.5, 0.6) is 11.5 Å². The molecule has 1 aromatic heterocycles. The van der Waals surface area contributed by atoms with Crippen molar-refractivity contribution in [3.05, 3.63) is 91.1 Å². The van der Waals surface area contributed by atoms with Gasteiger partial charge in [-0.15, -0.1) is 0 Å². The first-order valence-corrected chi connectivity index (χ1v) is 8.03. The predicted molar refractivity (Wildman–Crippen MR) is 99.9 cm³/mol. The third-order valence-electron chi connectivity index (χ3n) is 3.88. The highest BCUT2D eigenvalue weighted by Gasteiger charge is 2.05. The summed E-state index contributed by atoms with van der Waals surface area (Å²) in [7, 11) is 0. The average Bonchev–Trinajstić information content (AvgIpc) is 3.14. The fourth-order valence-corrected chi connectivity index (χ4v) is 2.57. The number of benzene rings is 3. The van der Waals surface area contributed by atoms with E-state index in [0.29, 0.717) is 0 Å². The van der Waals surface area contributed by atoms with Crippen molar-refractivity contribution in [3.8, 4) is 28.4 Å². The molecule has 0 bridgehead atoms. The van der Waals surface area contributed by atoms with E-state index in [4.69, 9.17) is 10.5 Å². The number of nitrogens with two attached hydrogens (primary N) is 1. The number of nitrogens with zero attached hydrogens (tertiary/aromatic N) is 2. The van der Waals surface area contributed by atoms with Crippen molar-refractivity contribution in [2.75, 3.05) is 5.73 Å². The summed E-state index contributed by atoms with van der Waals surface area (Å²) < 4.78 is 7.65. The van der Waals surface area contributed by atoms with Crippen LogP contribution < -0.4 is 10.5 Å². The van der Waals surface area contributed by atoms with Crippen LogP contribution in [-0.2, 0) is 0 Å². The van der Waals surface area contributed by atoms with Gasteiger partial charge in [0.05, 0.1) is 11.4 Å². The van der Waals surface area contributed by atoms with Gasteiger partial charge >= 0.3 is 0 Å². The van der Waals surface area contributed by atoms with Crippen LogP contribution in [0.1, 0.15) is 0 Å². The quantitative estimate of drug-likeness (QED) is 0.542. The van der Waals surface area contributed by atoms with E-state index in [0.717, 1.165) is 34.1 Å².